The highest BCUT2D eigenvalue weighted by atomic mass is 16.5. The van der Waals surface area contributed by atoms with E-state index in [2.05, 4.69) is 5.32 Å². The average molecular weight is 465 g/mol. The van der Waals surface area contributed by atoms with Crippen molar-refractivity contribution in [3.8, 4) is 5.75 Å². The van der Waals surface area contributed by atoms with Crippen LogP contribution in [0.5, 0.6) is 5.75 Å². The summed E-state index contributed by atoms with van der Waals surface area (Å²) in [4.78, 5) is 38.6. The quantitative estimate of drug-likeness (QED) is 0.342. The second kappa shape index (κ2) is 12.2. The molecule has 178 valence electrons. The zero-order chi connectivity index (χ0) is 24.3. The number of carbonyl (C=O) groups is 3. The Bertz CT molecular complexity index is 1110. The van der Waals surface area contributed by atoms with E-state index in [0.29, 0.717) is 30.0 Å². The summed E-state index contributed by atoms with van der Waals surface area (Å²) in [7, 11) is 1.53. The first-order valence-electron chi connectivity index (χ1n) is 11.0. The number of anilines is 1. The summed E-state index contributed by atoms with van der Waals surface area (Å²) >= 11 is 0. The van der Waals surface area contributed by atoms with Gasteiger partial charge in [-0.05, 0) is 55.3 Å². The van der Waals surface area contributed by atoms with E-state index in [1.165, 1.54) is 18.2 Å². The van der Waals surface area contributed by atoms with E-state index in [4.69, 9.17) is 13.9 Å². The van der Waals surface area contributed by atoms with E-state index >= 15 is 0 Å². The van der Waals surface area contributed by atoms with E-state index in [9.17, 15) is 14.4 Å². The lowest BCUT2D eigenvalue weighted by molar-refractivity contribution is -0.148. The Morgan fingerprint density at radius 3 is 2.62 bits per heavy atom. The zero-order valence-electron chi connectivity index (χ0n) is 19.3. The van der Waals surface area contributed by atoms with Crippen molar-refractivity contribution in [1.82, 2.24) is 5.32 Å². The highest BCUT2D eigenvalue weighted by molar-refractivity contribution is 6.05. The van der Waals surface area contributed by atoms with Crippen molar-refractivity contribution in [1.29, 1.82) is 0 Å². The first-order valence-corrected chi connectivity index (χ1v) is 11.0. The van der Waals surface area contributed by atoms with Crippen molar-refractivity contribution in [3.05, 3.63) is 83.8 Å². The van der Waals surface area contributed by atoms with Gasteiger partial charge in [-0.25, -0.2) is 0 Å². The van der Waals surface area contributed by atoms with Gasteiger partial charge >= 0.3 is 5.97 Å². The maximum atomic E-state index is 12.6. The summed E-state index contributed by atoms with van der Waals surface area (Å²) in [6, 6.07) is 17.9. The van der Waals surface area contributed by atoms with Crippen molar-refractivity contribution in [2.75, 3.05) is 25.2 Å². The van der Waals surface area contributed by atoms with Crippen LogP contribution in [0.25, 0.3) is 0 Å². The van der Waals surface area contributed by atoms with Gasteiger partial charge in [-0.15, -0.1) is 0 Å². The number of nitrogens with one attached hydrogen (secondary N) is 1. The lowest BCUT2D eigenvalue weighted by Gasteiger charge is -2.20. The fourth-order valence-corrected chi connectivity index (χ4v) is 3.19. The molecule has 2 aromatic carbocycles. The minimum Gasteiger partial charge on any atom is -0.494 e. The smallest absolute Gasteiger partial charge is 0.306 e. The highest BCUT2D eigenvalue weighted by Gasteiger charge is 2.19. The number of carbonyl (C=O) groups excluding carboxylic acids is 3. The molecule has 0 radical (unpaired) electrons. The fourth-order valence-electron chi connectivity index (χ4n) is 3.19. The predicted octanol–water partition coefficient (Wildman–Crippen LogP) is 3.88. The number of aryl methyl sites for hydroxylation is 1. The third kappa shape index (κ3) is 7.23. The van der Waals surface area contributed by atoms with E-state index in [1.54, 1.807) is 36.4 Å². The summed E-state index contributed by atoms with van der Waals surface area (Å²) in [6.45, 7) is 2.15. The summed E-state index contributed by atoms with van der Waals surface area (Å²) in [5, 5.41) is 2.76. The van der Waals surface area contributed by atoms with Gasteiger partial charge in [-0.1, -0.05) is 24.3 Å². The molecule has 0 atom stereocenters. The zero-order valence-corrected chi connectivity index (χ0v) is 19.3. The van der Waals surface area contributed by atoms with Crippen LogP contribution in [-0.4, -0.2) is 38.0 Å². The average Bonchev–Trinajstić information content (AvgIpc) is 3.37. The third-order valence-electron chi connectivity index (χ3n) is 5.03. The number of rotatable bonds is 11. The third-order valence-corrected chi connectivity index (χ3v) is 5.03. The Hall–Kier alpha value is -4.07. The number of hydrogen-bond donors (Lipinski definition) is 1. The number of furan rings is 1. The number of para-hydroxylation sites is 1. The molecule has 0 aliphatic rings. The van der Waals surface area contributed by atoms with E-state index < -0.39 is 18.5 Å². The molecule has 0 saturated heterocycles. The second-order valence-corrected chi connectivity index (χ2v) is 7.66. The molecule has 0 saturated carbocycles. The molecular formula is C26H28N2O6. The first-order chi connectivity index (χ1) is 16.4. The standard InChI is InChI=1S/C26H28N2O6/c1-19-8-5-9-20(16-19)32-15-7-13-25(30)34-18-24(29)28(2)23-12-4-3-11-22(23)26(31)27-17-21-10-6-14-33-21/h3-6,8-12,14,16H,7,13,15,17-18H2,1-2H3,(H,27,31). The Morgan fingerprint density at radius 1 is 1.03 bits per heavy atom. The van der Waals surface area contributed by atoms with Gasteiger partial charge in [0.05, 0.1) is 30.7 Å². The fraction of sp³-hybridized carbons (Fsp3) is 0.269. The molecule has 0 aliphatic carbocycles. The molecule has 1 aromatic heterocycles. The maximum Gasteiger partial charge on any atom is 0.306 e. The van der Waals surface area contributed by atoms with Gasteiger partial charge < -0.3 is 24.1 Å². The van der Waals surface area contributed by atoms with Gasteiger partial charge in [0.25, 0.3) is 11.8 Å². The molecule has 34 heavy (non-hydrogen) atoms. The number of benzene rings is 2. The SMILES string of the molecule is Cc1cccc(OCCCC(=O)OCC(=O)N(C)c2ccccc2C(=O)NCc2ccco2)c1. The lowest BCUT2D eigenvalue weighted by atomic mass is 10.1. The van der Waals surface area contributed by atoms with Gasteiger partial charge in [0.1, 0.15) is 11.5 Å². The van der Waals surface area contributed by atoms with Crippen LogP contribution < -0.4 is 15.0 Å². The van der Waals surface area contributed by atoms with E-state index in [0.717, 1.165) is 11.3 Å². The molecule has 1 N–H and O–H groups in total. The number of hydrogen-bond acceptors (Lipinski definition) is 6. The number of amides is 2. The normalized spacial score (nSPS) is 10.4. The number of ether oxygens (including phenoxy) is 2. The predicted molar refractivity (Wildman–Crippen MR) is 127 cm³/mol. The molecule has 0 spiro atoms. The van der Waals surface area contributed by atoms with Crippen LogP contribution in [0.15, 0.2) is 71.3 Å². The Morgan fingerprint density at radius 2 is 1.85 bits per heavy atom. The van der Waals surface area contributed by atoms with Crippen LogP contribution in [0.4, 0.5) is 5.69 Å². The molecule has 8 nitrogen and oxygen atoms in total. The summed E-state index contributed by atoms with van der Waals surface area (Å²) in [5.74, 6) is 0.0791. The Balaban J connectivity index is 1.44. The monoisotopic (exact) mass is 464 g/mol. The topological polar surface area (TPSA) is 98.1 Å². The summed E-state index contributed by atoms with van der Waals surface area (Å²) in [6.07, 6.45) is 2.13. The minimum absolute atomic E-state index is 0.134. The first kappa shape index (κ1) is 24.6. The second-order valence-electron chi connectivity index (χ2n) is 7.66. The maximum absolute atomic E-state index is 12.6. The van der Waals surface area contributed by atoms with Crippen molar-refractivity contribution >= 4 is 23.5 Å². The largest absolute Gasteiger partial charge is 0.494 e. The van der Waals surface area contributed by atoms with Crippen LogP contribution in [0.3, 0.4) is 0 Å². The van der Waals surface area contributed by atoms with E-state index in [-0.39, 0.29) is 18.9 Å². The van der Waals surface area contributed by atoms with Crippen LogP contribution in [0, 0.1) is 6.92 Å². The molecule has 8 heteroatoms. The summed E-state index contributed by atoms with van der Waals surface area (Å²) in [5.41, 5.74) is 1.83. The summed E-state index contributed by atoms with van der Waals surface area (Å²) < 4.78 is 15.9. The van der Waals surface area contributed by atoms with Crippen molar-refractivity contribution < 1.29 is 28.3 Å². The van der Waals surface area contributed by atoms with Gasteiger partial charge in [0.15, 0.2) is 6.61 Å². The highest BCUT2D eigenvalue weighted by Crippen LogP contribution is 2.20. The van der Waals surface area contributed by atoms with Gasteiger partial charge in [0, 0.05) is 13.5 Å². The number of nitrogens with zero attached hydrogens (tertiary/aromatic N) is 1. The van der Waals surface area contributed by atoms with Crippen LogP contribution in [0.1, 0.15) is 34.5 Å². The van der Waals surface area contributed by atoms with Crippen LogP contribution in [-0.2, 0) is 20.9 Å². The number of likely N-dealkylation sites (N-methyl/N-ethyl adjacent to an activating group) is 1. The van der Waals surface area contributed by atoms with Crippen LogP contribution in [0.2, 0.25) is 0 Å². The molecule has 2 amide bonds. The van der Waals surface area contributed by atoms with Gasteiger partial charge in [-0.3, -0.25) is 14.4 Å². The minimum atomic E-state index is -0.487. The molecule has 3 aromatic rings. The van der Waals surface area contributed by atoms with Crippen molar-refractivity contribution in [2.24, 2.45) is 0 Å². The molecule has 0 aliphatic heterocycles. The molecule has 0 bridgehead atoms. The molecule has 0 unspecified atom stereocenters. The Kier molecular flexibility index (Phi) is 8.85. The van der Waals surface area contributed by atoms with Gasteiger partial charge in [0.2, 0.25) is 0 Å². The van der Waals surface area contributed by atoms with Crippen LogP contribution >= 0.6 is 0 Å². The number of esters is 1. The Labute approximate surface area is 198 Å². The van der Waals surface area contributed by atoms with E-state index in [1.807, 2.05) is 31.2 Å². The molecule has 1 heterocycles. The van der Waals surface area contributed by atoms with Crippen molar-refractivity contribution in [3.63, 3.8) is 0 Å². The molecule has 0 fully saturated rings. The molecule has 3 rings (SSSR count). The van der Waals surface area contributed by atoms with Crippen molar-refractivity contribution in [2.45, 2.75) is 26.3 Å². The van der Waals surface area contributed by atoms with Gasteiger partial charge in [-0.2, -0.15) is 0 Å². The molecular weight excluding hydrogens is 436 g/mol. The lowest BCUT2D eigenvalue weighted by Crippen LogP contribution is -2.33.